The number of aliphatic hydroxyl groups excluding tert-OH is 8. The van der Waals surface area contributed by atoms with Crippen molar-refractivity contribution in [3.63, 3.8) is 0 Å². The number of aldehydes is 1. The van der Waals surface area contributed by atoms with Crippen LogP contribution >= 0.6 is 0 Å². The Kier molecular flexibility index (Phi) is 11.7. The monoisotopic (exact) mass is 585 g/mol. The van der Waals surface area contributed by atoms with E-state index in [0.29, 0.717) is 6.29 Å². The quantitative estimate of drug-likeness (QED) is 0.108. The molecule has 0 aromatic heterocycles. The van der Waals surface area contributed by atoms with Crippen molar-refractivity contribution in [1.82, 2.24) is 5.32 Å². The van der Waals surface area contributed by atoms with Gasteiger partial charge in [0, 0.05) is 6.92 Å². The summed E-state index contributed by atoms with van der Waals surface area (Å²) >= 11 is 0. The maximum absolute atomic E-state index is 11.7. The molecule has 0 aromatic carbocycles. The molecule has 0 aliphatic carbocycles. The van der Waals surface area contributed by atoms with Crippen LogP contribution in [-0.2, 0) is 38.0 Å². The molecule has 232 valence electrons. The van der Waals surface area contributed by atoms with Crippen LogP contribution in [0.2, 0.25) is 0 Å². The minimum absolute atomic E-state index is 0.291. The number of hydrogen-bond donors (Lipinski definition) is 9. The first-order valence-electron chi connectivity index (χ1n) is 12.8. The van der Waals surface area contributed by atoms with Gasteiger partial charge < -0.3 is 79.4 Å². The lowest BCUT2D eigenvalue weighted by Crippen LogP contribution is -2.68. The summed E-state index contributed by atoms with van der Waals surface area (Å²) in [5.41, 5.74) is 0. The van der Waals surface area contributed by atoms with Crippen LogP contribution in [0.15, 0.2) is 0 Å². The van der Waals surface area contributed by atoms with Crippen LogP contribution in [0, 0.1) is 0 Å². The van der Waals surface area contributed by atoms with Gasteiger partial charge in [-0.05, 0) is 13.8 Å². The summed E-state index contributed by atoms with van der Waals surface area (Å²) in [6.07, 6.45) is -22.1. The van der Waals surface area contributed by atoms with Gasteiger partial charge in [0.1, 0.15) is 67.1 Å². The van der Waals surface area contributed by atoms with E-state index >= 15 is 0 Å². The number of carbonyl (C=O) groups excluding carboxylic acids is 2. The zero-order valence-corrected chi connectivity index (χ0v) is 22.1. The van der Waals surface area contributed by atoms with Gasteiger partial charge in [0.05, 0.1) is 25.4 Å². The topological polar surface area (TPSA) is 263 Å². The Morgan fingerprint density at radius 3 is 1.82 bits per heavy atom. The summed E-state index contributed by atoms with van der Waals surface area (Å²) in [4.78, 5) is 22.8. The van der Waals surface area contributed by atoms with Gasteiger partial charge in [0.15, 0.2) is 25.2 Å². The average Bonchev–Trinajstić information content (AvgIpc) is 2.92. The first-order valence-corrected chi connectivity index (χ1v) is 12.8. The summed E-state index contributed by atoms with van der Waals surface area (Å²) in [7, 11) is 0. The third kappa shape index (κ3) is 7.13. The summed E-state index contributed by atoms with van der Waals surface area (Å²) in [5.74, 6) is -0.620. The largest absolute Gasteiger partial charge is 0.394 e. The van der Waals surface area contributed by atoms with Crippen molar-refractivity contribution in [1.29, 1.82) is 0 Å². The minimum Gasteiger partial charge on any atom is -0.394 e. The smallest absolute Gasteiger partial charge is 0.217 e. The highest BCUT2D eigenvalue weighted by molar-refractivity contribution is 5.73. The summed E-state index contributed by atoms with van der Waals surface area (Å²) < 4.78 is 33.2. The van der Waals surface area contributed by atoms with Gasteiger partial charge in [-0.25, -0.2) is 0 Å². The van der Waals surface area contributed by atoms with Crippen LogP contribution in [0.25, 0.3) is 0 Å². The second kappa shape index (κ2) is 14.2. The molecule has 3 heterocycles. The molecule has 1 amide bonds. The average molecular weight is 586 g/mol. The molecule has 0 aromatic rings. The SMILES string of the molecule is CC(=O)N[C@H]1[C@H](O[C@@H]2[C@@H](O)[C@H](C)O[C@@H](O[C@@H]3[C@@H](O)[C@H](C)O[C@@H](O[C@@H](C=O)CO)[C@@H]3O)[C@@H]2O)O[C@H](CO)[C@@H](O)[C@@H]1O. The van der Waals surface area contributed by atoms with Gasteiger partial charge >= 0.3 is 0 Å². The fourth-order valence-electron chi connectivity index (χ4n) is 4.73. The van der Waals surface area contributed by atoms with Gasteiger partial charge in [-0.15, -0.1) is 0 Å². The Hall–Kier alpha value is -1.42. The van der Waals surface area contributed by atoms with Crippen LogP contribution in [-0.4, -0.2) is 164 Å². The highest BCUT2D eigenvalue weighted by atomic mass is 16.7. The molecule has 3 rings (SSSR count). The van der Waals surface area contributed by atoms with E-state index in [2.05, 4.69) is 5.32 Å². The van der Waals surface area contributed by atoms with Crippen molar-refractivity contribution in [3.8, 4) is 0 Å². The van der Waals surface area contributed by atoms with Crippen molar-refractivity contribution >= 4 is 12.2 Å². The number of carbonyl (C=O) groups is 2. The lowest BCUT2D eigenvalue weighted by atomic mass is 9.95. The molecule has 0 bridgehead atoms. The van der Waals surface area contributed by atoms with Crippen LogP contribution < -0.4 is 5.32 Å². The zero-order valence-electron chi connectivity index (χ0n) is 22.1. The molecule has 0 radical (unpaired) electrons. The molecule has 3 aliphatic rings. The van der Waals surface area contributed by atoms with E-state index in [9.17, 15) is 50.4 Å². The van der Waals surface area contributed by atoms with E-state index in [1.807, 2.05) is 0 Å². The number of amides is 1. The molecule has 0 spiro atoms. The van der Waals surface area contributed by atoms with Gasteiger partial charge in [-0.1, -0.05) is 0 Å². The van der Waals surface area contributed by atoms with Crippen LogP contribution in [0.3, 0.4) is 0 Å². The first-order chi connectivity index (χ1) is 18.8. The maximum atomic E-state index is 11.7. The van der Waals surface area contributed by atoms with Crippen molar-refractivity contribution in [2.45, 2.75) is 119 Å². The second-order valence-corrected chi connectivity index (χ2v) is 10.0. The molecule has 3 fully saturated rings. The van der Waals surface area contributed by atoms with E-state index in [1.54, 1.807) is 0 Å². The Labute approximate surface area is 229 Å². The van der Waals surface area contributed by atoms with E-state index in [1.165, 1.54) is 13.8 Å². The standard InChI is InChI=1S/C23H39NO16/c1-7-14(30)20(17(33)22(35-7)37-10(4-25)5-26)40-23-18(34)19(13(29)8(2)36-23)39-21-12(24-9(3)28)16(32)15(31)11(6-27)38-21/h4,7-8,10-23,26-27,29-34H,5-6H2,1-3H3,(H,24,28)/t7-,8-,10-,11+,12+,13-,14-,15+,16+,17+,18+,19+,20+,21-,22-,23-/m0/s1. The van der Waals surface area contributed by atoms with E-state index in [4.69, 9.17) is 28.4 Å². The molecule has 3 aliphatic heterocycles. The Morgan fingerprint density at radius 1 is 0.800 bits per heavy atom. The number of hydrogen-bond acceptors (Lipinski definition) is 16. The summed E-state index contributed by atoms with van der Waals surface area (Å²) in [6.45, 7) is 2.54. The normalized spacial score (nSPS) is 46.9. The Balaban J connectivity index is 1.80. The molecule has 9 N–H and O–H groups in total. The zero-order chi connectivity index (χ0) is 29.9. The van der Waals surface area contributed by atoms with E-state index < -0.39 is 117 Å². The molecule has 17 nitrogen and oxygen atoms in total. The molecule has 3 saturated heterocycles. The first kappa shape index (κ1) is 33.1. The highest BCUT2D eigenvalue weighted by Gasteiger charge is 2.53. The fourth-order valence-corrected chi connectivity index (χ4v) is 4.73. The highest BCUT2D eigenvalue weighted by Crippen LogP contribution is 2.32. The van der Waals surface area contributed by atoms with Crippen LogP contribution in [0.5, 0.6) is 0 Å². The Morgan fingerprint density at radius 2 is 1.32 bits per heavy atom. The van der Waals surface area contributed by atoms with Crippen molar-refractivity contribution in [2.24, 2.45) is 0 Å². The van der Waals surface area contributed by atoms with Crippen molar-refractivity contribution < 1.29 is 78.9 Å². The molecular formula is C23H39NO16. The van der Waals surface area contributed by atoms with Gasteiger partial charge in [-0.2, -0.15) is 0 Å². The molecule has 17 heteroatoms. The van der Waals surface area contributed by atoms with Gasteiger partial charge in [0.2, 0.25) is 5.91 Å². The number of rotatable bonds is 10. The molecule has 40 heavy (non-hydrogen) atoms. The minimum atomic E-state index is -1.82. The lowest BCUT2D eigenvalue weighted by Gasteiger charge is -2.48. The maximum Gasteiger partial charge on any atom is 0.217 e. The van der Waals surface area contributed by atoms with Crippen molar-refractivity contribution in [2.75, 3.05) is 13.2 Å². The fraction of sp³-hybridized carbons (Fsp3) is 0.913. The second-order valence-electron chi connectivity index (χ2n) is 10.0. The molecular weight excluding hydrogens is 546 g/mol. The van der Waals surface area contributed by atoms with E-state index in [-0.39, 0.29) is 0 Å². The van der Waals surface area contributed by atoms with Gasteiger partial charge in [0.25, 0.3) is 0 Å². The lowest BCUT2D eigenvalue weighted by molar-refractivity contribution is -0.372. The number of aliphatic hydroxyl groups is 8. The van der Waals surface area contributed by atoms with E-state index in [0.717, 1.165) is 6.92 Å². The predicted molar refractivity (Wildman–Crippen MR) is 126 cm³/mol. The van der Waals surface area contributed by atoms with Crippen molar-refractivity contribution in [3.05, 3.63) is 0 Å². The third-order valence-corrected chi connectivity index (χ3v) is 7.04. The number of ether oxygens (including phenoxy) is 6. The molecule has 0 saturated carbocycles. The Bertz CT molecular complexity index is 837. The predicted octanol–water partition coefficient (Wildman–Crippen LogP) is -5.79. The summed E-state index contributed by atoms with van der Waals surface area (Å²) in [6, 6.07) is -1.37. The molecule has 0 unspecified atom stereocenters. The third-order valence-electron chi connectivity index (χ3n) is 7.04. The van der Waals surface area contributed by atoms with Gasteiger partial charge in [-0.3, -0.25) is 4.79 Å². The summed E-state index contributed by atoms with van der Waals surface area (Å²) in [5, 5.41) is 85.1. The molecule has 16 atom stereocenters. The van der Waals surface area contributed by atoms with Crippen LogP contribution in [0.1, 0.15) is 20.8 Å². The van der Waals surface area contributed by atoms with Crippen LogP contribution in [0.4, 0.5) is 0 Å². The number of nitrogens with one attached hydrogen (secondary N) is 1.